The first-order valence-corrected chi connectivity index (χ1v) is 4.87. The Morgan fingerprint density at radius 2 is 1.92 bits per heavy atom. The average molecular weight is 189 g/mol. The molecule has 2 N–H and O–H groups in total. The van der Waals surface area contributed by atoms with Gasteiger partial charge in [0, 0.05) is 7.11 Å². The minimum atomic E-state index is 0.144. The second kappa shape index (κ2) is 11.6. The molecule has 1 heterocycles. The lowest BCUT2D eigenvalue weighted by Gasteiger charge is -1.94. The van der Waals surface area contributed by atoms with E-state index in [2.05, 4.69) is 26.1 Å². The number of hydrogen-bond donors (Lipinski definition) is 2. The number of carbonyl (C=O) groups is 1. The average Bonchev–Trinajstić information content (AvgIpc) is 2.56. The van der Waals surface area contributed by atoms with Crippen LogP contribution in [0, 0.1) is 5.92 Å². The molecule has 1 saturated heterocycles. The molecule has 0 aromatic carbocycles. The van der Waals surface area contributed by atoms with Gasteiger partial charge in [0.2, 0.25) is 0 Å². The van der Waals surface area contributed by atoms with E-state index in [1.165, 1.54) is 6.42 Å². The van der Waals surface area contributed by atoms with Gasteiger partial charge < -0.3 is 15.2 Å². The summed E-state index contributed by atoms with van der Waals surface area (Å²) in [5.74, 6) is 0.685. The highest BCUT2D eigenvalue weighted by atomic mass is 16.2. The molecular weight excluding hydrogens is 166 g/mol. The van der Waals surface area contributed by atoms with E-state index in [9.17, 15) is 4.79 Å². The van der Waals surface area contributed by atoms with E-state index in [1.807, 2.05) is 0 Å². The number of hydrogen-bond acceptors (Lipinski definition) is 3. The highest BCUT2D eigenvalue weighted by Gasteiger charge is 2.18. The molecule has 1 aliphatic heterocycles. The van der Waals surface area contributed by atoms with Crippen molar-refractivity contribution in [1.29, 1.82) is 0 Å². The quantitative estimate of drug-likeness (QED) is 0.610. The summed E-state index contributed by atoms with van der Waals surface area (Å²) in [6.07, 6.45) is 3.26. The first kappa shape index (κ1) is 15.1. The summed E-state index contributed by atoms with van der Waals surface area (Å²) in [7, 11) is 1.00. The van der Waals surface area contributed by atoms with Crippen LogP contribution < -0.4 is 5.32 Å². The third kappa shape index (κ3) is 9.50. The van der Waals surface area contributed by atoms with Gasteiger partial charge in [0.05, 0.1) is 6.04 Å². The van der Waals surface area contributed by atoms with Gasteiger partial charge in [-0.25, -0.2) is 0 Å². The van der Waals surface area contributed by atoms with E-state index >= 15 is 0 Å². The molecule has 0 saturated carbocycles. The van der Waals surface area contributed by atoms with Crippen molar-refractivity contribution in [2.24, 2.45) is 5.92 Å². The molecule has 0 aliphatic carbocycles. The molecular formula is C10H23NO2. The lowest BCUT2D eigenvalue weighted by molar-refractivity contribution is -0.109. The van der Waals surface area contributed by atoms with E-state index < -0.39 is 0 Å². The van der Waals surface area contributed by atoms with Gasteiger partial charge in [-0.1, -0.05) is 27.2 Å². The van der Waals surface area contributed by atoms with Gasteiger partial charge in [0.25, 0.3) is 0 Å². The molecule has 0 bridgehead atoms. The molecule has 1 fully saturated rings. The van der Waals surface area contributed by atoms with Crippen LogP contribution in [0.5, 0.6) is 0 Å². The zero-order valence-electron chi connectivity index (χ0n) is 9.21. The first-order valence-electron chi connectivity index (χ1n) is 4.87. The molecule has 2 atom stereocenters. The molecule has 13 heavy (non-hydrogen) atoms. The number of nitrogens with one attached hydrogen (secondary N) is 1. The van der Waals surface area contributed by atoms with Crippen LogP contribution in [0.3, 0.4) is 0 Å². The molecule has 3 nitrogen and oxygen atoms in total. The maximum Gasteiger partial charge on any atom is 0.136 e. The van der Waals surface area contributed by atoms with E-state index in [-0.39, 0.29) is 6.04 Å². The zero-order chi connectivity index (χ0) is 10.7. The van der Waals surface area contributed by atoms with Crippen LogP contribution in [0.4, 0.5) is 0 Å². The second-order valence-electron chi connectivity index (χ2n) is 3.20. The molecule has 0 radical (unpaired) electrons. The number of aldehydes is 1. The van der Waals surface area contributed by atoms with Gasteiger partial charge in [0.1, 0.15) is 6.29 Å². The standard InChI is InChI=1S/C6H11NO.C3H8.CH4O/c1-5-2-6(4-8)7-3-5;1-3-2;1-2/h4-7H,2-3H2,1H3;3H2,1-2H3;2H,1H3. The summed E-state index contributed by atoms with van der Waals surface area (Å²) in [6.45, 7) is 7.40. The van der Waals surface area contributed by atoms with Crippen molar-refractivity contribution in [3.8, 4) is 0 Å². The third-order valence-electron chi connectivity index (χ3n) is 1.55. The van der Waals surface area contributed by atoms with Crippen LogP contribution in [0.2, 0.25) is 0 Å². The first-order chi connectivity index (χ1) is 6.24. The molecule has 0 aromatic heterocycles. The van der Waals surface area contributed by atoms with Crippen molar-refractivity contribution in [2.75, 3.05) is 13.7 Å². The molecule has 1 rings (SSSR count). The van der Waals surface area contributed by atoms with Crippen LogP contribution in [0.25, 0.3) is 0 Å². The van der Waals surface area contributed by atoms with Gasteiger partial charge in [-0.2, -0.15) is 0 Å². The highest BCUT2D eigenvalue weighted by molar-refractivity contribution is 5.58. The van der Waals surface area contributed by atoms with Gasteiger partial charge in [0.15, 0.2) is 0 Å². The third-order valence-corrected chi connectivity index (χ3v) is 1.55. The predicted molar refractivity (Wildman–Crippen MR) is 55.7 cm³/mol. The van der Waals surface area contributed by atoms with Crippen LogP contribution in [0.1, 0.15) is 33.6 Å². The molecule has 3 heteroatoms. The van der Waals surface area contributed by atoms with Gasteiger partial charge in [-0.05, 0) is 18.9 Å². The van der Waals surface area contributed by atoms with Crippen LogP contribution in [-0.4, -0.2) is 31.1 Å². The Hall–Kier alpha value is -0.410. The summed E-state index contributed by atoms with van der Waals surface area (Å²) < 4.78 is 0. The second-order valence-corrected chi connectivity index (χ2v) is 3.20. The van der Waals surface area contributed by atoms with Crippen molar-refractivity contribution in [3.05, 3.63) is 0 Å². The lowest BCUT2D eigenvalue weighted by Crippen LogP contribution is -2.22. The normalized spacial score (nSPS) is 25.0. The van der Waals surface area contributed by atoms with Gasteiger partial charge in [-0.15, -0.1) is 0 Å². The molecule has 2 unspecified atom stereocenters. The molecule has 0 amide bonds. The molecule has 1 aliphatic rings. The van der Waals surface area contributed by atoms with E-state index in [0.717, 1.165) is 26.4 Å². The fourth-order valence-corrected chi connectivity index (χ4v) is 1.06. The molecule has 0 spiro atoms. The van der Waals surface area contributed by atoms with E-state index in [4.69, 9.17) is 5.11 Å². The molecule has 0 aromatic rings. The highest BCUT2D eigenvalue weighted by Crippen LogP contribution is 2.09. The fourth-order valence-electron chi connectivity index (χ4n) is 1.06. The smallest absolute Gasteiger partial charge is 0.136 e. The Bertz CT molecular complexity index is 107. The Labute approximate surface area is 81.5 Å². The Balaban J connectivity index is 0. The van der Waals surface area contributed by atoms with Crippen molar-refractivity contribution in [3.63, 3.8) is 0 Å². The maximum atomic E-state index is 10.1. The Morgan fingerprint density at radius 1 is 1.46 bits per heavy atom. The Morgan fingerprint density at radius 3 is 2.08 bits per heavy atom. The number of carbonyl (C=O) groups excluding carboxylic acids is 1. The minimum absolute atomic E-state index is 0.144. The number of aliphatic hydroxyl groups excluding tert-OH is 1. The van der Waals surface area contributed by atoms with Crippen molar-refractivity contribution in [1.82, 2.24) is 5.32 Å². The largest absolute Gasteiger partial charge is 0.400 e. The minimum Gasteiger partial charge on any atom is -0.400 e. The summed E-state index contributed by atoms with van der Waals surface area (Å²) in [5.41, 5.74) is 0. The molecule has 80 valence electrons. The summed E-state index contributed by atoms with van der Waals surface area (Å²) >= 11 is 0. The maximum absolute atomic E-state index is 10.1. The monoisotopic (exact) mass is 189 g/mol. The van der Waals surface area contributed by atoms with E-state index in [0.29, 0.717) is 5.92 Å². The van der Waals surface area contributed by atoms with E-state index in [1.54, 1.807) is 0 Å². The van der Waals surface area contributed by atoms with Crippen molar-refractivity contribution in [2.45, 2.75) is 39.7 Å². The lowest BCUT2D eigenvalue weighted by atomic mass is 10.1. The number of aliphatic hydroxyl groups is 1. The summed E-state index contributed by atoms with van der Waals surface area (Å²) in [5, 5.41) is 10.1. The SMILES string of the molecule is CC1CNC(C=O)C1.CCC.CO. The van der Waals surface area contributed by atoms with Crippen LogP contribution in [-0.2, 0) is 4.79 Å². The van der Waals surface area contributed by atoms with Crippen LogP contribution in [0.15, 0.2) is 0 Å². The summed E-state index contributed by atoms with van der Waals surface area (Å²) in [4.78, 5) is 10.1. The predicted octanol–water partition coefficient (Wildman–Crippen LogP) is 1.21. The van der Waals surface area contributed by atoms with Crippen molar-refractivity contribution < 1.29 is 9.90 Å². The fraction of sp³-hybridized carbons (Fsp3) is 0.900. The van der Waals surface area contributed by atoms with Gasteiger partial charge >= 0.3 is 0 Å². The Kier molecular flexibility index (Phi) is 13.4. The van der Waals surface area contributed by atoms with Crippen molar-refractivity contribution >= 4 is 6.29 Å². The van der Waals surface area contributed by atoms with Crippen LogP contribution >= 0.6 is 0 Å². The number of rotatable bonds is 1. The topological polar surface area (TPSA) is 49.3 Å². The van der Waals surface area contributed by atoms with Gasteiger partial charge in [-0.3, -0.25) is 0 Å². The summed E-state index contributed by atoms with van der Waals surface area (Å²) in [6, 6.07) is 0.144. The zero-order valence-corrected chi connectivity index (χ0v) is 9.21.